The predicted molar refractivity (Wildman–Crippen MR) is 99.2 cm³/mol. The molecule has 1 aliphatic rings. The van der Waals surface area contributed by atoms with Crippen molar-refractivity contribution in [2.75, 3.05) is 0 Å². The van der Waals surface area contributed by atoms with Crippen molar-refractivity contribution in [1.82, 2.24) is 0 Å². The normalized spacial score (nSPS) is 19.1. The molecule has 0 saturated heterocycles. The first-order chi connectivity index (χ1) is 13.5. The first-order valence-corrected chi connectivity index (χ1v) is 9.09. The molecule has 10 heteroatoms. The fourth-order valence-corrected chi connectivity index (χ4v) is 3.61. The third-order valence-electron chi connectivity index (χ3n) is 4.69. The summed E-state index contributed by atoms with van der Waals surface area (Å²) in [5, 5.41) is 11.7. The number of aromatic carboxylic acids is 1. The van der Waals surface area contributed by atoms with E-state index in [0.29, 0.717) is 12.0 Å². The Morgan fingerprint density at radius 3 is 2.38 bits per heavy atom. The number of oxime groups is 1. The van der Waals surface area contributed by atoms with Gasteiger partial charge in [0.2, 0.25) is 0 Å². The Morgan fingerprint density at radius 2 is 1.86 bits per heavy atom. The summed E-state index contributed by atoms with van der Waals surface area (Å²) in [6.45, 7) is 1.72. The van der Waals surface area contributed by atoms with Crippen LogP contribution in [0.5, 0.6) is 0 Å². The second kappa shape index (κ2) is 7.50. The minimum Gasteiger partial charge on any atom is -0.478 e. The van der Waals surface area contributed by atoms with E-state index in [1.807, 2.05) is 0 Å². The number of carboxylic acids is 1. The molecule has 4 nitrogen and oxygen atoms in total. The van der Waals surface area contributed by atoms with Gasteiger partial charge in [0.1, 0.15) is 0 Å². The van der Waals surface area contributed by atoms with Gasteiger partial charge in [-0.2, -0.15) is 13.2 Å². The molecule has 2 aromatic carbocycles. The fourth-order valence-electron chi connectivity index (χ4n) is 3.12. The molecule has 1 unspecified atom stereocenters. The van der Waals surface area contributed by atoms with Gasteiger partial charge in [-0.1, -0.05) is 41.3 Å². The molecule has 0 aromatic heterocycles. The number of carboxylic acid groups (broad SMARTS) is 1. The van der Waals surface area contributed by atoms with E-state index in [4.69, 9.17) is 28.0 Å². The van der Waals surface area contributed by atoms with Crippen LogP contribution in [0.25, 0.3) is 0 Å². The highest BCUT2D eigenvalue weighted by atomic mass is 35.5. The van der Waals surface area contributed by atoms with Crippen molar-refractivity contribution in [3.05, 3.63) is 68.4 Å². The lowest BCUT2D eigenvalue weighted by molar-refractivity contribution is -0.275. The lowest BCUT2D eigenvalue weighted by Crippen LogP contribution is -2.42. The van der Waals surface area contributed by atoms with E-state index in [0.717, 1.165) is 12.1 Å². The molecule has 154 valence electrons. The molecule has 0 fully saturated rings. The first-order valence-electron chi connectivity index (χ1n) is 8.33. The second-order valence-corrected chi connectivity index (χ2v) is 7.23. The molecule has 0 aliphatic carbocycles. The summed E-state index contributed by atoms with van der Waals surface area (Å²) in [6, 6.07) is 5.74. The SMILES string of the molecule is CCc1cc(C2=NOC(c3cc(Cl)c(F)c(Cl)c3)(C(F)(F)F)C2)ccc1C(=O)O. The van der Waals surface area contributed by atoms with E-state index in [2.05, 4.69) is 5.16 Å². The van der Waals surface area contributed by atoms with Crippen LogP contribution in [0.2, 0.25) is 10.0 Å². The molecule has 1 aliphatic heterocycles. The van der Waals surface area contributed by atoms with E-state index >= 15 is 0 Å². The van der Waals surface area contributed by atoms with Crippen molar-refractivity contribution in [3.8, 4) is 0 Å². The van der Waals surface area contributed by atoms with Crippen LogP contribution in [0.15, 0.2) is 35.5 Å². The van der Waals surface area contributed by atoms with Crippen molar-refractivity contribution < 1.29 is 32.3 Å². The zero-order chi connectivity index (χ0) is 21.6. The maximum atomic E-state index is 14.0. The van der Waals surface area contributed by atoms with E-state index in [9.17, 15) is 27.5 Å². The lowest BCUT2D eigenvalue weighted by Gasteiger charge is -2.29. The van der Waals surface area contributed by atoms with Gasteiger partial charge < -0.3 is 9.94 Å². The van der Waals surface area contributed by atoms with Crippen LogP contribution in [-0.2, 0) is 16.9 Å². The standard InChI is InChI=1S/C19H13Cl2F4NO3/c1-2-9-5-10(3-4-12(9)17(27)28)15-8-18(29-26-15,19(23,24)25)11-6-13(20)16(22)14(21)7-11/h3-7H,2,8H2,1H3,(H,27,28). The van der Waals surface area contributed by atoms with E-state index < -0.39 is 45.6 Å². The largest absolute Gasteiger partial charge is 0.478 e. The maximum Gasteiger partial charge on any atom is 0.435 e. The smallest absolute Gasteiger partial charge is 0.435 e. The summed E-state index contributed by atoms with van der Waals surface area (Å²) in [5.74, 6) is -2.18. The van der Waals surface area contributed by atoms with Crippen LogP contribution in [0.4, 0.5) is 17.6 Å². The Bertz CT molecular complexity index is 1000. The maximum absolute atomic E-state index is 14.0. The summed E-state index contributed by atoms with van der Waals surface area (Å²) >= 11 is 11.3. The number of halogens is 6. The van der Waals surface area contributed by atoms with Gasteiger partial charge in [0.05, 0.1) is 21.3 Å². The number of carbonyl (C=O) groups is 1. The first kappa shape index (κ1) is 21.4. The Kier molecular flexibility index (Phi) is 5.53. The van der Waals surface area contributed by atoms with Crippen LogP contribution in [0.3, 0.4) is 0 Å². The van der Waals surface area contributed by atoms with E-state index in [-0.39, 0.29) is 16.8 Å². The molecule has 2 aromatic rings. The summed E-state index contributed by atoms with van der Waals surface area (Å²) in [5.41, 5.74) is -2.65. The van der Waals surface area contributed by atoms with Crippen molar-refractivity contribution in [2.45, 2.75) is 31.5 Å². The predicted octanol–water partition coefficient (Wildman–Crippen LogP) is 5.98. The van der Waals surface area contributed by atoms with Gasteiger partial charge in [-0.05, 0) is 41.8 Å². The molecule has 0 spiro atoms. The van der Waals surface area contributed by atoms with Crippen LogP contribution < -0.4 is 0 Å². The minimum absolute atomic E-state index is 0.0365. The molecular weight excluding hydrogens is 437 g/mol. The zero-order valence-electron chi connectivity index (χ0n) is 14.8. The summed E-state index contributed by atoms with van der Waals surface area (Å²) in [7, 11) is 0. The number of hydrogen-bond donors (Lipinski definition) is 1. The second-order valence-electron chi connectivity index (χ2n) is 6.42. The Balaban J connectivity index is 2.05. The van der Waals surface area contributed by atoms with Crippen LogP contribution in [0.1, 0.15) is 40.4 Å². The van der Waals surface area contributed by atoms with Gasteiger partial charge in [0, 0.05) is 12.0 Å². The number of alkyl halides is 3. The molecule has 0 radical (unpaired) electrons. The quantitative estimate of drug-likeness (QED) is 0.461. The minimum atomic E-state index is -4.92. The number of hydrogen-bond acceptors (Lipinski definition) is 3. The molecule has 0 amide bonds. The number of benzene rings is 2. The molecular formula is C19H13Cl2F4NO3. The van der Waals surface area contributed by atoms with Crippen LogP contribution >= 0.6 is 23.2 Å². The van der Waals surface area contributed by atoms with Gasteiger partial charge in [-0.15, -0.1) is 0 Å². The Labute approximate surface area is 172 Å². The van der Waals surface area contributed by atoms with Crippen LogP contribution in [0, 0.1) is 5.82 Å². The highest BCUT2D eigenvalue weighted by Gasteiger charge is 2.62. The number of nitrogens with zero attached hydrogens (tertiary/aromatic N) is 1. The van der Waals surface area contributed by atoms with Crippen molar-refractivity contribution >= 4 is 34.9 Å². The molecule has 1 heterocycles. The fraction of sp³-hybridized carbons (Fsp3) is 0.263. The van der Waals surface area contributed by atoms with Crippen molar-refractivity contribution in [3.63, 3.8) is 0 Å². The average molecular weight is 450 g/mol. The Morgan fingerprint density at radius 1 is 1.24 bits per heavy atom. The average Bonchev–Trinajstić information content (AvgIpc) is 3.12. The summed E-state index contributed by atoms with van der Waals surface area (Å²) < 4.78 is 55.7. The molecule has 0 saturated carbocycles. The molecule has 1 atom stereocenters. The molecule has 1 N–H and O–H groups in total. The Hall–Kier alpha value is -2.32. The monoisotopic (exact) mass is 449 g/mol. The number of aryl methyl sites for hydroxylation is 1. The summed E-state index contributed by atoms with van der Waals surface area (Å²) in [4.78, 5) is 16.1. The highest BCUT2D eigenvalue weighted by Crippen LogP contribution is 2.50. The lowest BCUT2D eigenvalue weighted by atomic mass is 9.86. The van der Waals surface area contributed by atoms with Gasteiger partial charge in [-0.3, -0.25) is 0 Å². The van der Waals surface area contributed by atoms with Crippen LogP contribution in [-0.4, -0.2) is 23.0 Å². The highest BCUT2D eigenvalue weighted by molar-refractivity contribution is 6.35. The topological polar surface area (TPSA) is 58.9 Å². The molecule has 3 rings (SSSR count). The third kappa shape index (κ3) is 3.67. The van der Waals surface area contributed by atoms with E-state index in [1.165, 1.54) is 18.2 Å². The van der Waals surface area contributed by atoms with Gasteiger partial charge in [-0.25, -0.2) is 9.18 Å². The van der Waals surface area contributed by atoms with Gasteiger partial charge in [0.15, 0.2) is 5.82 Å². The zero-order valence-corrected chi connectivity index (χ0v) is 16.3. The number of rotatable bonds is 4. The molecule has 0 bridgehead atoms. The third-order valence-corrected chi connectivity index (χ3v) is 5.24. The van der Waals surface area contributed by atoms with Gasteiger partial charge in [0.25, 0.3) is 5.60 Å². The van der Waals surface area contributed by atoms with E-state index in [1.54, 1.807) is 6.92 Å². The van der Waals surface area contributed by atoms with Crippen molar-refractivity contribution in [1.29, 1.82) is 0 Å². The molecule has 29 heavy (non-hydrogen) atoms. The summed E-state index contributed by atoms with van der Waals surface area (Å²) in [6.07, 6.45) is -5.28. The van der Waals surface area contributed by atoms with Gasteiger partial charge >= 0.3 is 12.1 Å². The van der Waals surface area contributed by atoms with Crippen molar-refractivity contribution in [2.24, 2.45) is 5.16 Å².